The maximum Gasteiger partial charge on any atom is 0.270 e. The van der Waals surface area contributed by atoms with E-state index in [0.717, 1.165) is 38.2 Å². The van der Waals surface area contributed by atoms with E-state index in [4.69, 9.17) is 0 Å². The predicted molar refractivity (Wildman–Crippen MR) is 66.9 cm³/mol. The normalized spacial score (nSPS) is 20.9. The van der Waals surface area contributed by atoms with Crippen molar-refractivity contribution in [2.45, 2.75) is 37.8 Å². The number of halogens is 2. The van der Waals surface area contributed by atoms with Crippen LogP contribution < -0.4 is 10.9 Å². The van der Waals surface area contributed by atoms with Crippen molar-refractivity contribution in [1.82, 2.24) is 9.88 Å². The molecule has 96 valence electrons. The highest BCUT2D eigenvalue weighted by molar-refractivity contribution is 9.10. The van der Waals surface area contributed by atoms with Crippen molar-refractivity contribution in [2.24, 2.45) is 0 Å². The molecule has 4 nitrogen and oxygen atoms in total. The van der Waals surface area contributed by atoms with Crippen LogP contribution in [0.15, 0.2) is 15.3 Å². The number of hydrogen-bond donors (Lipinski definition) is 1. The largest absolute Gasteiger partial charge is 0.327 e. The number of aromatic nitrogens is 1. The number of carbonyl (C=O) groups excluding carboxylic acids is 1. The zero-order valence-corrected chi connectivity index (χ0v) is 11.2. The molecule has 0 saturated heterocycles. The number of nitrogens with zero attached hydrogens (tertiary/aromatic N) is 1. The van der Waals surface area contributed by atoms with E-state index >= 15 is 0 Å². The summed E-state index contributed by atoms with van der Waals surface area (Å²) in [6, 6.07) is 1.13. The number of rotatable bonds is 0. The zero-order valence-electron chi connectivity index (χ0n) is 9.63. The topological polar surface area (TPSA) is 51.1 Å². The molecule has 1 amide bonds. The first kappa shape index (κ1) is 11.9. The molecule has 6 heteroatoms. The fourth-order valence-electron chi connectivity index (χ4n) is 2.97. The first-order chi connectivity index (χ1) is 8.55. The van der Waals surface area contributed by atoms with Crippen LogP contribution in [0.1, 0.15) is 42.6 Å². The zero-order chi connectivity index (χ0) is 12.9. The minimum Gasteiger partial charge on any atom is -0.327 e. The molecule has 1 fully saturated rings. The predicted octanol–water partition coefficient (Wildman–Crippen LogP) is 2.11. The molecular formula is C12H12BrFN2O2. The van der Waals surface area contributed by atoms with E-state index in [1.165, 1.54) is 4.57 Å². The van der Waals surface area contributed by atoms with E-state index < -0.39 is 17.0 Å². The van der Waals surface area contributed by atoms with Gasteiger partial charge >= 0.3 is 0 Å². The second kappa shape index (κ2) is 3.91. The average molecular weight is 315 g/mol. The molecule has 1 aromatic heterocycles. The van der Waals surface area contributed by atoms with Crippen LogP contribution in [0, 0.1) is 5.82 Å². The van der Waals surface area contributed by atoms with E-state index in [1.54, 1.807) is 0 Å². The van der Waals surface area contributed by atoms with Gasteiger partial charge in [-0.15, -0.1) is 0 Å². The number of amides is 1. The van der Waals surface area contributed by atoms with Gasteiger partial charge in [-0.25, -0.2) is 4.39 Å². The number of pyridine rings is 1. The van der Waals surface area contributed by atoms with Crippen LogP contribution in [0.2, 0.25) is 0 Å². The standard InChI is InChI=1S/C12H12BrFN2O2/c13-9-7(14)6-8-10(17)15-12(16(8)11(9)18)4-2-1-3-5-12/h6H,1-5H2,(H,15,17). The van der Waals surface area contributed by atoms with Crippen LogP contribution in [0.4, 0.5) is 4.39 Å². The lowest BCUT2D eigenvalue weighted by atomic mass is 9.89. The number of carbonyl (C=O) groups is 1. The van der Waals surface area contributed by atoms with Gasteiger partial charge in [0.05, 0.1) is 0 Å². The molecule has 0 bridgehead atoms. The molecule has 2 heterocycles. The minimum atomic E-state index is -0.686. The Hall–Kier alpha value is -1.17. The highest BCUT2D eigenvalue weighted by atomic mass is 79.9. The highest BCUT2D eigenvalue weighted by Gasteiger charge is 2.44. The smallest absolute Gasteiger partial charge is 0.270 e. The molecule has 1 aromatic rings. The Balaban J connectivity index is 2.26. The van der Waals surface area contributed by atoms with E-state index in [0.29, 0.717) is 0 Å². The van der Waals surface area contributed by atoms with Crippen LogP contribution in [0.5, 0.6) is 0 Å². The quantitative estimate of drug-likeness (QED) is 0.797. The number of fused-ring (bicyclic) bond motifs is 2. The first-order valence-corrected chi connectivity index (χ1v) is 6.78. The minimum absolute atomic E-state index is 0.104. The van der Waals surface area contributed by atoms with Gasteiger partial charge in [-0.3, -0.25) is 14.2 Å². The number of nitrogens with one attached hydrogen (secondary N) is 1. The Morgan fingerprint density at radius 1 is 1.28 bits per heavy atom. The summed E-state index contributed by atoms with van der Waals surface area (Å²) in [5, 5.41) is 2.87. The molecule has 18 heavy (non-hydrogen) atoms. The lowest BCUT2D eigenvalue weighted by Gasteiger charge is -2.35. The van der Waals surface area contributed by atoms with Crippen molar-refractivity contribution in [2.75, 3.05) is 0 Å². The fourth-order valence-corrected chi connectivity index (χ4v) is 3.26. The van der Waals surface area contributed by atoms with Gasteiger partial charge in [-0.1, -0.05) is 6.42 Å². The van der Waals surface area contributed by atoms with E-state index in [-0.39, 0.29) is 16.1 Å². The monoisotopic (exact) mass is 314 g/mol. The van der Waals surface area contributed by atoms with Crippen LogP contribution >= 0.6 is 15.9 Å². The molecule has 1 spiro atoms. The Morgan fingerprint density at radius 3 is 2.61 bits per heavy atom. The Labute approximate surface area is 111 Å². The summed E-state index contributed by atoms with van der Waals surface area (Å²) in [6.07, 6.45) is 4.47. The molecule has 2 aliphatic rings. The van der Waals surface area contributed by atoms with Crippen molar-refractivity contribution >= 4 is 21.8 Å². The number of hydrogen-bond acceptors (Lipinski definition) is 2. The summed E-state index contributed by atoms with van der Waals surface area (Å²) in [7, 11) is 0. The summed E-state index contributed by atoms with van der Waals surface area (Å²) in [4.78, 5) is 24.1. The second-order valence-corrected chi connectivity index (χ2v) is 5.67. The van der Waals surface area contributed by atoms with Crippen molar-refractivity contribution in [3.05, 3.63) is 32.4 Å². The lowest BCUT2D eigenvalue weighted by Crippen LogP contribution is -2.48. The highest BCUT2D eigenvalue weighted by Crippen LogP contribution is 2.36. The fraction of sp³-hybridized carbons (Fsp3) is 0.500. The van der Waals surface area contributed by atoms with Gasteiger partial charge in [0.15, 0.2) is 0 Å². The molecule has 1 aliphatic carbocycles. The van der Waals surface area contributed by atoms with Crippen molar-refractivity contribution in [3.8, 4) is 0 Å². The van der Waals surface area contributed by atoms with Crippen molar-refractivity contribution < 1.29 is 9.18 Å². The third-order valence-electron chi connectivity index (χ3n) is 3.79. The third-order valence-corrected chi connectivity index (χ3v) is 4.51. The first-order valence-electron chi connectivity index (χ1n) is 5.99. The third kappa shape index (κ3) is 1.48. The summed E-state index contributed by atoms with van der Waals surface area (Å²) in [5.74, 6) is -1.05. The SMILES string of the molecule is O=C1NC2(CCCCC2)n2c1cc(F)c(Br)c2=O. The Kier molecular flexibility index (Phi) is 2.59. The summed E-state index contributed by atoms with van der Waals surface area (Å²) in [6.45, 7) is 0. The van der Waals surface area contributed by atoms with Gasteiger partial charge in [0.1, 0.15) is 21.6 Å². The summed E-state index contributed by atoms with van der Waals surface area (Å²) < 4.78 is 14.9. The van der Waals surface area contributed by atoms with Gasteiger partial charge in [0.2, 0.25) is 0 Å². The molecule has 1 aliphatic heterocycles. The van der Waals surface area contributed by atoms with Crippen LogP contribution in [-0.4, -0.2) is 10.5 Å². The molecule has 1 N–H and O–H groups in total. The van der Waals surface area contributed by atoms with E-state index in [9.17, 15) is 14.0 Å². The van der Waals surface area contributed by atoms with Gasteiger partial charge < -0.3 is 5.32 Å². The van der Waals surface area contributed by atoms with Crippen LogP contribution in [0.25, 0.3) is 0 Å². The summed E-state index contributed by atoms with van der Waals surface area (Å²) in [5.41, 5.74) is -0.981. The molecule has 0 radical (unpaired) electrons. The van der Waals surface area contributed by atoms with Crippen molar-refractivity contribution in [3.63, 3.8) is 0 Å². The van der Waals surface area contributed by atoms with Crippen LogP contribution in [0.3, 0.4) is 0 Å². The van der Waals surface area contributed by atoms with Crippen molar-refractivity contribution in [1.29, 1.82) is 0 Å². The molecule has 0 atom stereocenters. The van der Waals surface area contributed by atoms with Crippen LogP contribution in [-0.2, 0) is 5.66 Å². The molecule has 1 saturated carbocycles. The maximum atomic E-state index is 13.5. The average Bonchev–Trinajstić information content (AvgIpc) is 2.60. The van der Waals surface area contributed by atoms with E-state index in [1.807, 2.05) is 0 Å². The second-order valence-electron chi connectivity index (χ2n) is 4.88. The lowest BCUT2D eigenvalue weighted by molar-refractivity contribution is 0.0876. The van der Waals surface area contributed by atoms with Gasteiger partial charge in [0.25, 0.3) is 11.5 Å². The molecule has 0 aromatic carbocycles. The molecule has 3 rings (SSSR count). The van der Waals surface area contributed by atoms with Gasteiger partial charge in [-0.2, -0.15) is 0 Å². The van der Waals surface area contributed by atoms with Gasteiger partial charge in [-0.05, 0) is 41.6 Å². The summed E-state index contributed by atoms with van der Waals surface area (Å²) >= 11 is 2.96. The van der Waals surface area contributed by atoms with Gasteiger partial charge in [0, 0.05) is 6.07 Å². The van der Waals surface area contributed by atoms with E-state index in [2.05, 4.69) is 21.2 Å². The Bertz CT molecular complexity index is 590. The maximum absolute atomic E-state index is 13.5. The molecular weight excluding hydrogens is 303 g/mol. The molecule has 0 unspecified atom stereocenters. The Morgan fingerprint density at radius 2 is 1.94 bits per heavy atom.